The lowest BCUT2D eigenvalue weighted by atomic mass is 10.1. The molecule has 0 saturated carbocycles. The van der Waals surface area contributed by atoms with Gasteiger partial charge >= 0.3 is 0 Å². The lowest BCUT2D eigenvalue weighted by molar-refractivity contribution is -0.122. The number of carbonyl (C=O) groups excluding carboxylic acids is 1. The highest BCUT2D eigenvalue weighted by Gasteiger charge is 2.17. The van der Waals surface area contributed by atoms with Crippen molar-refractivity contribution in [2.24, 2.45) is 0 Å². The van der Waals surface area contributed by atoms with Crippen LogP contribution in [0.25, 0.3) is 11.1 Å². The van der Waals surface area contributed by atoms with Gasteiger partial charge in [-0.05, 0) is 68.3 Å². The van der Waals surface area contributed by atoms with Gasteiger partial charge in [-0.3, -0.25) is 4.79 Å². The second-order valence-corrected chi connectivity index (χ2v) is 9.15. The molecule has 0 spiro atoms. The van der Waals surface area contributed by atoms with E-state index in [9.17, 15) is 13.2 Å². The predicted octanol–water partition coefficient (Wildman–Crippen LogP) is 4.45. The SMILES string of the molecule is CC(C)NS(=O)(=O)c1ccc(NC(=O)C(C)Oc2ccc(-c3ccccc3)cc2)cc1. The van der Waals surface area contributed by atoms with Crippen molar-refractivity contribution in [3.05, 3.63) is 78.9 Å². The Kier molecular flexibility index (Phi) is 7.09. The normalized spacial score (nSPS) is 12.4. The minimum Gasteiger partial charge on any atom is -0.481 e. The van der Waals surface area contributed by atoms with E-state index in [0.717, 1.165) is 11.1 Å². The highest BCUT2D eigenvalue weighted by Crippen LogP contribution is 2.23. The largest absolute Gasteiger partial charge is 0.481 e. The van der Waals surface area contributed by atoms with Gasteiger partial charge in [-0.25, -0.2) is 13.1 Å². The molecule has 3 rings (SSSR count). The summed E-state index contributed by atoms with van der Waals surface area (Å²) in [7, 11) is -3.57. The zero-order valence-corrected chi connectivity index (χ0v) is 18.5. The van der Waals surface area contributed by atoms with Crippen LogP contribution in [0.1, 0.15) is 20.8 Å². The molecule has 0 aliphatic carbocycles. The van der Waals surface area contributed by atoms with Crippen molar-refractivity contribution in [1.82, 2.24) is 4.72 Å². The van der Waals surface area contributed by atoms with Crippen LogP contribution in [0.5, 0.6) is 5.75 Å². The Morgan fingerprint density at radius 3 is 1.97 bits per heavy atom. The van der Waals surface area contributed by atoms with Crippen molar-refractivity contribution < 1.29 is 17.9 Å². The summed E-state index contributed by atoms with van der Waals surface area (Å²) in [5.74, 6) is 0.256. The van der Waals surface area contributed by atoms with Crippen molar-refractivity contribution in [3.8, 4) is 16.9 Å². The number of rotatable bonds is 8. The monoisotopic (exact) mass is 438 g/mol. The minimum atomic E-state index is -3.57. The quantitative estimate of drug-likeness (QED) is 0.544. The summed E-state index contributed by atoms with van der Waals surface area (Å²) >= 11 is 0. The van der Waals surface area contributed by atoms with Gasteiger partial charge in [-0.1, -0.05) is 42.5 Å². The number of amides is 1. The van der Waals surface area contributed by atoms with Gasteiger partial charge < -0.3 is 10.1 Å². The first-order chi connectivity index (χ1) is 14.7. The van der Waals surface area contributed by atoms with E-state index in [2.05, 4.69) is 10.0 Å². The van der Waals surface area contributed by atoms with Gasteiger partial charge in [-0.15, -0.1) is 0 Å². The standard InChI is InChI=1S/C24H26N2O4S/c1-17(2)26-31(28,29)23-15-11-21(12-16-23)25-24(27)18(3)30-22-13-9-20(10-14-22)19-7-5-4-6-8-19/h4-18,26H,1-3H3,(H,25,27). The third-order valence-electron chi connectivity index (χ3n) is 4.47. The molecule has 0 heterocycles. The Morgan fingerprint density at radius 1 is 0.806 bits per heavy atom. The van der Waals surface area contributed by atoms with Crippen LogP contribution in [0.4, 0.5) is 5.69 Å². The summed E-state index contributed by atoms with van der Waals surface area (Å²) in [6.07, 6.45) is -0.728. The van der Waals surface area contributed by atoms with E-state index in [1.54, 1.807) is 32.9 Å². The maximum atomic E-state index is 12.5. The van der Waals surface area contributed by atoms with Gasteiger partial charge in [0.05, 0.1) is 4.90 Å². The lowest BCUT2D eigenvalue weighted by Gasteiger charge is -2.15. The molecule has 1 atom stereocenters. The molecule has 0 fully saturated rings. The molecule has 0 aromatic heterocycles. The van der Waals surface area contributed by atoms with Crippen LogP contribution in [-0.2, 0) is 14.8 Å². The fraction of sp³-hybridized carbons (Fsp3) is 0.208. The molecule has 162 valence electrons. The zero-order chi connectivity index (χ0) is 22.4. The van der Waals surface area contributed by atoms with Crippen LogP contribution < -0.4 is 14.8 Å². The third kappa shape index (κ3) is 6.16. The molecule has 0 radical (unpaired) electrons. The Morgan fingerprint density at radius 2 is 1.39 bits per heavy atom. The van der Waals surface area contributed by atoms with Crippen molar-refractivity contribution in [3.63, 3.8) is 0 Å². The van der Waals surface area contributed by atoms with E-state index in [1.807, 2.05) is 54.6 Å². The number of benzene rings is 3. The Bertz CT molecular complexity index is 1110. The third-order valence-corrected chi connectivity index (χ3v) is 6.14. The van der Waals surface area contributed by atoms with Crippen LogP contribution in [0.2, 0.25) is 0 Å². The smallest absolute Gasteiger partial charge is 0.265 e. The van der Waals surface area contributed by atoms with Crippen molar-refractivity contribution in [2.75, 3.05) is 5.32 Å². The Hall–Kier alpha value is -3.16. The summed E-state index contributed by atoms with van der Waals surface area (Å²) in [6.45, 7) is 5.16. The molecule has 0 saturated heterocycles. The van der Waals surface area contributed by atoms with Crippen LogP contribution in [0.15, 0.2) is 83.8 Å². The molecule has 0 bridgehead atoms. The maximum absolute atomic E-state index is 12.5. The van der Waals surface area contributed by atoms with E-state index in [4.69, 9.17) is 4.74 Å². The predicted molar refractivity (Wildman–Crippen MR) is 122 cm³/mol. The fourth-order valence-corrected chi connectivity index (χ4v) is 4.20. The van der Waals surface area contributed by atoms with Gasteiger partial charge in [0.25, 0.3) is 5.91 Å². The van der Waals surface area contributed by atoms with Crippen molar-refractivity contribution >= 4 is 21.6 Å². The molecule has 3 aromatic carbocycles. The topological polar surface area (TPSA) is 84.5 Å². The Labute approximate surface area is 183 Å². The van der Waals surface area contributed by atoms with Gasteiger partial charge in [-0.2, -0.15) is 0 Å². The zero-order valence-electron chi connectivity index (χ0n) is 17.7. The second kappa shape index (κ2) is 9.76. The van der Waals surface area contributed by atoms with E-state index >= 15 is 0 Å². The summed E-state index contributed by atoms with van der Waals surface area (Å²) in [5, 5.41) is 2.74. The molecule has 0 aliphatic rings. The summed E-state index contributed by atoms with van der Waals surface area (Å²) < 4.78 is 32.6. The molecule has 7 heteroatoms. The molecular formula is C24H26N2O4S. The molecular weight excluding hydrogens is 412 g/mol. The first-order valence-corrected chi connectivity index (χ1v) is 11.5. The minimum absolute atomic E-state index is 0.141. The van der Waals surface area contributed by atoms with Crippen molar-refractivity contribution in [2.45, 2.75) is 37.8 Å². The first kappa shape index (κ1) is 22.5. The highest BCUT2D eigenvalue weighted by atomic mass is 32.2. The number of hydrogen-bond acceptors (Lipinski definition) is 4. The summed E-state index contributed by atoms with van der Waals surface area (Å²) in [4.78, 5) is 12.6. The van der Waals surface area contributed by atoms with Crippen LogP contribution in [0.3, 0.4) is 0 Å². The molecule has 1 unspecified atom stereocenters. The number of carbonyl (C=O) groups is 1. The van der Waals surface area contributed by atoms with E-state index < -0.39 is 16.1 Å². The number of anilines is 1. The molecule has 0 aliphatic heterocycles. The average molecular weight is 439 g/mol. The summed E-state index contributed by atoms with van der Waals surface area (Å²) in [5.41, 5.74) is 2.66. The number of hydrogen-bond donors (Lipinski definition) is 2. The van der Waals surface area contributed by atoms with Crippen LogP contribution in [-0.4, -0.2) is 26.5 Å². The number of nitrogens with one attached hydrogen (secondary N) is 2. The maximum Gasteiger partial charge on any atom is 0.265 e. The average Bonchev–Trinajstić information content (AvgIpc) is 2.74. The lowest BCUT2D eigenvalue weighted by Crippen LogP contribution is -2.31. The van der Waals surface area contributed by atoms with Crippen LogP contribution >= 0.6 is 0 Å². The van der Waals surface area contributed by atoms with Gasteiger partial charge in [0.1, 0.15) is 5.75 Å². The second-order valence-electron chi connectivity index (χ2n) is 7.44. The van der Waals surface area contributed by atoms with Crippen LogP contribution in [0, 0.1) is 0 Å². The number of sulfonamides is 1. The summed E-state index contributed by atoms with van der Waals surface area (Å²) in [6, 6.07) is 23.3. The Balaban J connectivity index is 1.59. The van der Waals surface area contributed by atoms with Gasteiger partial charge in [0.2, 0.25) is 10.0 Å². The van der Waals surface area contributed by atoms with Crippen molar-refractivity contribution in [1.29, 1.82) is 0 Å². The van der Waals surface area contributed by atoms with E-state index in [-0.39, 0.29) is 16.8 Å². The van der Waals surface area contributed by atoms with E-state index in [0.29, 0.717) is 11.4 Å². The van der Waals surface area contributed by atoms with Gasteiger partial charge in [0, 0.05) is 11.7 Å². The highest BCUT2D eigenvalue weighted by molar-refractivity contribution is 7.89. The van der Waals surface area contributed by atoms with E-state index in [1.165, 1.54) is 12.1 Å². The first-order valence-electron chi connectivity index (χ1n) is 10.00. The molecule has 6 nitrogen and oxygen atoms in total. The number of ether oxygens (including phenoxy) is 1. The molecule has 1 amide bonds. The van der Waals surface area contributed by atoms with Gasteiger partial charge in [0.15, 0.2) is 6.10 Å². The molecule has 31 heavy (non-hydrogen) atoms. The molecule has 3 aromatic rings. The molecule has 2 N–H and O–H groups in total. The fourth-order valence-electron chi connectivity index (χ4n) is 2.95.